The second-order valence-electron chi connectivity index (χ2n) is 7.48. The number of aliphatic hydroxyl groups is 1. The van der Waals surface area contributed by atoms with Gasteiger partial charge in [-0.05, 0) is 67.9 Å². The molecule has 0 aromatic heterocycles. The highest BCUT2D eigenvalue weighted by Crippen LogP contribution is 2.38. The molecule has 0 atom stereocenters. The normalized spacial score (nSPS) is 21.4. The molecule has 5 nitrogen and oxygen atoms in total. The molecule has 5 heteroatoms. The lowest BCUT2D eigenvalue weighted by Crippen LogP contribution is -2.35. The summed E-state index contributed by atoms with van der Waals surface area (Å²) in [5, 5.41) is 11.1. The van der Waals surface area contributed by atoms with Crippen molar-refractivity contribution in [3.8, 4) is 16.9 Å². The van der Waals surface area contributed by atoms with Gasteiger partial charge in [0.2, 0.25) is 0 Å². The van der Waals surface area contributed by atoms with Crippen molar-refractivity contribution in [3.63, 3.8) is 0 Å². The van der Waals surface area contributed by atoms with E-state index in [1.54, 1.807) is 0 Å². The number of hydrogen-bond acceptors (Lipinski definition) is 5. The lowest BCUT2D eigenvalue weighted by molar-refractivity contribution is -0.0536. The lowest BCUT2D eigenvalue weighted by Gasteiger charge is -2.36. The Morgan fingerprint density at radius 1 is 1.00 bits per heavy atom. The summed E-state index contributed by atoms with van der Waals surface area (Å²) in [5.41, 5.74) is 2.22. The molecule has 0 unspecified atom stereocenters. The zero-order valence-corrected chi connectivity index (χ0v) is 17.2. The Labute approximate surface area is 172 Å². The van der Waals surface area contributed by atoms with Gasteiger partial charge in [-0.15, -0.1) is 0 Å². The fourth-order valence-corrected chi connectivity index (χ4v) is 3.71. The van der Waals surface area contributed by atoms with E-state index in [0.29, 0.717) is 38.9 Å². The molecule has 0 heterocycles. The summed E-state index contributed by atoms with van der Waals surface area (Å²) in [6, 6.07) is 16.1. The molecule has 0 amide bonds. The number of carbonyl (C=O) groups is 1. The maximum absolute atomic E-state index is 11.6. The molecule has 0 bridgehead atoms. The third-order valence-electron chi connectivity index (χ3n) is 5.37. The average molecular weight is 398 g/mol. The van der Waals surface area contributed by atoms with Crippen LogP contribution in [0.25, 0.3) is 11.1 Å². The molecule has 1 N–H and O–H groups in total. The van der Waals surface area contributed by atoms with E-state index in [9.17, 15) is 9.90 Å². The maximum Gasteiger partial charge on any atom is 0.508 e. The Morgan fingerprint density at radius 3 is 2.14 bits per heavy atom. The summed E-state index contributed by atoms with van der Waals surface area (Å²) in [6.45, 7) is 4.93. The molecule has 1 fully saturated rings. The summed E-state index contributed by atoms with van der Waals surface area (Å²) in [6.07, 6.45) is 2.33. The molecule has 1 aliphatic rings. The molecule has 29 heavy (non-hydrogen) atoms. The fraction of sp³-hybridized carbons (Fsp3) is 0.458. The van der Waals surface area contributed by atoms with Crippen molar-refractivity contribution >= 4 is 6.16 Å². The second-order valence-corrected chi connectivity index (χ2v) is 7.48. The van der Waals surface area contributed by atoms with Crippen LogP contribution in [0.4, 0.5) is 4.79 Å². The largest absolute Gasteiger partial charge is 0.508 e. The van der Waals surface area contributed by atoms with Crippen molar-refractivity contribution in [1.29, 1.82) is 0 Å². The number of hydrogen-bond donors (Lipinski definition) is 1. The summed E-state index contributed by atoms with van der Waals surface area (Å²) in [7, 11) is 0. The van der Waals surface area contributed by atoms with Gasteiger partial charge < -0.3 is 19.3 Å². The van der Waals surface area contributed by atoms with Gasteiger partial charge in [0.1, 0.15) is 11.9 Å². The van der Waals surface area contributed by atoms with Gasteiger partial charge in [-0.2, -0.15) is 0 Å². The van der Waals surface area contributed by atoms with Crippen LogP contribution in [0.15, 0.2) is 48.5 Å². The Kier molecular flexibility index (Phi) is 7.15. The van der Waals surface area contributed by atoms with E-state index in [0.717, 1.165) is 28.9 Å². The highest BCUT2D eigenvalue weighted by atomic mass is 16.7. The van der Waals surface area contributed by atoms with Crippen LogP contribution >= 0.6 is 0 Å². The summed E-state index contributed by atoms with van der Waals surface area (Å²) in [4.78, 5) is 11.6. The molecule has 0 radical (unpaired) electrons. The zero-order valence-electron chi connectivity index (χ0n) is 17.2. The summed E-state index contributed by atoms with van der Waals surface area (Å²) < 4.78 is 15.8. The molecule has 2 aromatic carbocycles. The number of ether oxygens (including phenoxy) is 3. The predicted octanol–water partition coefficient (Wildman–Crippen LogP) is 5.45. The molecule has 1 saturated carbocycles. The minimum Gasteiger partial charge on any atom is -0.494 e. The van der Waals surface area contributed by atoms with E-state index in [1.165, 1.54) is 0 Å². The number of rotatable bonds is 7. The quantitative estimate of drug-likeness (QED) is 0.629. The van der Waals surface area contributed by atoms with Crippen LogP contribution in [0.2, 0.25) is 0 Å². The fourth-order valence-electron chi connectivity index (χ4n) is 3.71. The van der Waals surface area contributed by atoms with E-state index in [1.807, 2.05) is 62.4 Å². The van der Waals surface area contributed by atoms with Crippen LogP contribution in [0.5, 0.6) is 5.75 Å². The van der Waals surface area contributed by atoms with Crippen LogP contribution in [-0.4, -0.2) is 30.6 Å². The number of carbonyl (C=O) groups excluding carboxylic acids is 1. The van der Waals surface area contributed by atoms with Gasteiger partial charge in [-0.25, -0.2) is 4.79 Å². The van der Waals surface area contributed by atoms with Gasteiger partial charge >= 0.3 is 6.16 Å². The standard InChI is InChI=1S/C24H30O5/c1-3-17-28-23(25)29-22-13-15-24(26,16-14-22)20-9-5-18(6-10-20)19-7-11-21(12-8-19)27-4-2/h5-12,22,26H,3-4,13-17H2,1-2H3. The average Bonchev–Trinajstić information content (AvgIpc) is 2.75. The molecular weight excluding hydrogens is 368 g/mol. The first-order valence-corrected chi connectivity index (χ1v) is 10.4. The number of benzene rings is 2. The van der Waals surface area contributed by atoms with Crippen molar-refractivity contribution in [3.05, 3.63) is 54.1 Å². The van der Waals surface area contributed by atoms with E-state index in [-0.39, 0.29) is 6.10 Å². The molecule has 0 saturated heterocycles. The molecule has 3 rings (SSSR count). The monoisotopic (exact) mass is 398 g/mol. The van der Waals surface area contributed by atoms with Gasteiger partial charge in [0, 0.05) is 0 Å². The van der Waals surface area contributed by atoms with Crippen LogP contribution < -0.4 is 4.74 Å². The van der Waals surface area contributed by atoms with E-state index < -0.39 is 11.8 Å². The van der Waals surface area contributed by atoms with E-state index in [2.05, 4.69) is 0 Å². The second kappa shape index (κ2) is 9.79. The highest BCUT2D eigenvalue weighted by Gasteiger charge is 2.36. The molecule has 2 aromatic rings. The minimum atomic E-state index is -0.884. The molecular formula is C24H30O5. The summed E-state index contributed by atoms with van der Waals surface area (Å²) >= 11 is 0. The van der Waals surface area contributed by atoms with Gasteiger partial charge in [0.25, 0.3) is 0 Å². The lowest BCUT2D eigenvalue weighted by atomic mass is 9.78. The van der Waals surface area contributed by atoms with Crippen molar-refractivity contribution in [1.82, 2.24) is 0 Å². The maximum atomic E-state index is 11.6. The van der Waals surface area contributed by atoms with Gasteiger partial charge in [0.05, 0.1) is 18.8 Å². The first-order valence-electron chi connectivity index (χ1n) is 10.4. The predicted molar refractivity (Wildman–Crippen MR) is 112 cm³/mol. The van der Waals surface area contributed by atoms with Crippen molar-refractivity contribution in [2.75, 3.05) is 13.2 Å². The third kappa shape index (κ3) is 5.51. The Morgan fingerprint density at radius 2 is 1.59 bits per heavy atom. The van der Waals surface area contributed by atoms with Crippen molar-refractivity contribution in [2.24, 2.45) is 0 Å². The summed E-state index contributed by atoms with van der Waals surface area (Å²) in [5.74, 6) is 0.861. The van der Waals surface area contributed by atoms with Crippen LogP contribution in [-0.2, 0) is 15.1 Å². The minimum absolute atomic E-state index is 0.192. The van der Waals surface area contributed by atoms with Crippen molar-refractivity contribution < 1.29 is 24.1 Å². The molecule has 1 aliphatic carbocycles. The van der Waals surface area contributed by atoms with Crippen LogP contribution in [0, 0.1) is 0 Å². The first kappa shape index (κ1) is 21.2. The Bertz CT molecular complexity index is 774. The zero-order chi connectivity index (χ0) is 20.7. The smallest absolute Gasteiger partial charge is 0.494 e. The van der Waals surface area contributed by atoms with Gasteiger partial charge in [0.15, 0.2) is 0 Å². The molecule has 0 aliphatic heterocycles. The van der Waals surface area contributed by atoms with Gasteiger partial charge in [-0.3, -0.25) is 0 Å². The van der Waals surface area contributed by atoms with Crippen molar-refractivity contribution in [2.45, 2.75) is 57.7 Å². The molecule has 156 valence electrons. The van der Waals surface area contributed by atoms with E-state index >= 15 is 0 Å². The first-order chi connectivity index (χ1) is 14.0. The Balaban J connectivity index is 1.59. The third-order valence-corrected chi connectivity index (χ3v) is 5.37. The molecule has 0 spiro atoms. The van der Waals surface area contributed by atoms with Crippen LogP contribution in [0.1, 0.15) is 51.5 Å². The van der Waals surface area contributed by atoms with Gasteiger partial charge in [-0.1, -0.05) is 43.3 Å². The van der Waals surface area contributed by atoms with Crippen LogP contribution in [0.3, 0.4) is 0 Å². The Hall–Kier alpha value is -2.53. The highest BCUT2D eigenvalue weighted by molar-refractivity contribution is 5.64. The van der Waals surface area contributed by atoms with E-state index in [4.69, 9.17) is 14.2 Å². The SMILES string of the molecule is CCCOC(=O)OC1CCC(O)(c2ccc(-c3ccc(OCC)cc3)cc2)CC1. The topological polar surface area (TPSA) is 65.0 Å².